The SMILES string of the molecule is C[C@@H](C(=O)NCCc1ccc(O)cc1)c1cccc(C(F)(F)F)c1. The summed E-state index contributed by atoms with van der Waals surface area (Å²) in [5, 5.41) is 11.9. The lowest BCUT2D eigenvalue weighted by Gasteiger charge is -2.15. The minimum Gasteiger partial charge on any atom is -0.508 e. The fourth-order valence-corrected chi connectivity index (χ4v) is 2.28. The number of amides is 1. The highest BCUT2D eigenvalue weighted by molar-refractivity contribution is 5.83. The van der Waals surface area contributed by atoms with Crippen molar-refractivity contribution in [2.24, 2.45) is 0 Å². The van der Waals surface area contributed by atoms with Crippen molar-refractivity contribution in [3.63, 3.8) is 0 Å². The van der Waals surface area contributed by atoms with Crippen molar-refractivity contribution in [1.82, 2.24) is 5.32 Å². The summed E-state index contributed by atoms with van der Waals surface area (Å²) in [5.74, 6) is -0.832. The molecule has 0 saturated heterocycles. The van der Waals surface area contributed by atoms with Gasteiger partial charge in [0.15, 0.2) is 0 Å². The maximum absolute atomic E-state index is 12.7. The molecule has 0 heterocycles. The van der Waals surface area contributed by atoms with Crippen LogP contribution in [-0.4, -0.2) is 17.6 Å². The van der Waals surface area contributed by atoms with E-state index in [9.17, 15) is 23.1 Å². The van der Waals surface area contributed by atoms with Crippen molar-refractivity contribution in [3.05, 3.63) is 65.2 Å². The van der Waals surface area contributed by atoms with Crippen molar-refractivity contribution in [1.29, 1.82) is 0 Å². The molecule has 2 N–H and O–H groups in total. The van der Waals surface area contributed by atoms with E-state index in [1.165, 1.54) is 12.1 Å². The summed E-state index contributed by atoms with van der Waals surface area (Å²) in [6, 6.07) is 11.4. The van der Waals surface area contributed by atoms with Gasteiger partial charge in [0.2, 0.25) is 5.91 Å². The number of hydrogen-bond acceptors (Lipinski definition) is 2. The number of halogens is 3. The molecular weight excluding hydrogens is 319 g/mol. The van der Waals surface area contributed by atoms with E-state index in [4.69, 9.17) is 0 Å². The van der Waals surface area contributed by atoms with Crippen LogP contribution in [0.15, 0.2) is 48.5 Å². The van der Waals surface area contributed by atoms with Crippen LogP contribution in [0.4, 0.5) is 13.2 Å². The average molecular weight is 337 g/mol. The number of phenolic OH excluding ortho intramolecular Hbond substituents is 1. The van der Waals surface area contributed by atoms with Gasteiger partial charge in [0, 0.05) is 6.54 Å². The van der Waals surface area contributed by atoms with Gasteiger partial charge in [-0.25, -0.2) is 0 Å². The zero-order valence-electron chi connectivity index (χ0n) is 13.1. The number of carbonyl (C=O) groups excluding carboxylic acids is 1. The predicted octanol–water partition coefficient (Wildman–Crippen LogP) is 3.87. The van der Waals surface area contributed by atoms with Crippen LogP contribution in [0.5, 0.6) is 5.75 Å². The monoisotopic (exact) mass is 337 g/mol. The number of nitrogens with one attached hydrogen (secondary N) is 1. The normalized spacial score (nSPS) is 12.7. The fourth-order valence-electron chi connectivity index (χ4n) is 2.28. The summed E-state index contributed by atoms with van der Waals surface area (Å²) in [5.41, 5.74) is 0.510. The third-order valence-electron chi connectivity index (χ3n) is 3.76. The summed E-state index contributed by atoms with van der Waals surface area (Å²) in [6.07, 6.45) is -3.85. The molecule has 0 bridgehead atoms. The minimum atomic E-state index is -4.43. The van der Waals surface area contributed by atoms with Gasteiger partial charge in [-0.05, 0) is 42.7 Å². The van der Waals surface area contributed by atoms with Gasteiger partial charge in [0.05, 0.1) is 11.5 Å². The van der Waals surface area contributed by atoms with E-state index in [2.05, 4.69) is 5.32 Å². The Kier molecular flexibility index (Phi) is 5.49. The van der Waals surface area contributed by atoms with Crippen LogP contribution in [-0.2, 0) is 17.4 Å². The Labute approximate surface area is 138 Å². The molecule has 6 heteroatoms. The Morgan fingerprint density at radius 3 is 2.46 bits per heavy atom. The van der Waals surface area contributed by atoms with Gasteiger partial charge < -0.3 is 10.4 Å². The number of alkyl halides is 3. The summed E-state index contributed by atoms with van der Waals surface area (Å²) < 4.78 is 38.2. The minimum absolute atomic E-state index is 0.168. The van der Waals surface area contributed by atoms with Crippen molar-refractivity contribution in [2.45, 2.75) is 25.4 Å². The first-order chi connectivity index (χ1) is 11.3. The topological polar surface area (TPSA) is 49.3 Å². The van der Waals surface area contributed by atoms with E-state index in [-0.39, 0.29) is 11.7 Å². The summed E-state index contributed by atoms with van der Waals surface area (Å²) in [6.45, 7) is 1.94. The fraction of sp³-hybridized carbons (Fsp3) is 0.278. The van der Waals surface area contributed by atoms with Crippen LogP contribution < -0.4 is 5.32 Å². The molecule has 0 radical (unpaired) electrons. The zero-order valence-corrected chi connectivity index (χ0v) is 13.1. The van der Waals surface area contributed by atoms with Gasteiger partial charge in [-0.15, -0.1) is 0 Å². The van der Waals surface area contributed by atoms with E-state index in [0.717, 1.165) is 17.7 Å². The number of hydrogen-bond donors (Lipinski definition) is 2. The van der Waals surface area contributed by atoms with Crippen molar-refractivity contribution in [2.75, 3.05) is 6.54 Å². The Morgan fingerprint density at radius 2 is 1.83 bits per heavy atom. The molecule has 0 unspecified atom stereocenters. The van der Waals surface area contributed by atoms with Gasteiger partial charge >= 0.3 is 6.18 Å². The van der Waals surface area contributed by atoms with Gasteiger partial charge in [-0.1, -0.05) is 30.3 Å². The second-order valence-electron chi connectivity index (χ2n) is 5.55. The zero-order chi connectivity index (χ0) is 17.7. The van der Waals surface area contributed by atoms with Gasteiger partial charge in [0.25, 0.3) is 0 Å². The van der Waals surface area contributed by atoms with Gasteiger partial charge in [0.1, 0.15) is 5.75 Å². The van der Waals surface area contributed by atoms with Gasteiger partial charge in [-0.3, -0.25) is 4.79 Å². The number of rotatable bonds is 5. The third-order valence-corrected chi connectivity index (χ3v) is 3.76. The summed E-state index contributed by atoms with van der Waals surface area (Å²) in [7, 11) is 0. The molecule has 3 nitrogen and oxygen atoms in total. The Balaban J connectivity index is 1.93. The first kappa shape index (κ1) is 17.8. The number of phenols is 1. The lowest BCUT2D eigenvalue weighted by atomic mass is 9.98. The highest BCUT2D eigenvalue weighted by atomic mass is 19.4. The Morgan fingerprint density at radius 1 is 1.17 bits per heavy atom. The van der Waals surface area contributed by atoms with E-state index in [1.54, 1.807) is 31.2 Å². The van der Waals surface area contributed by atoms with Crippen LogP contribution in [0.2, 0.25) is 0 Å². The molecule has 0 aliphatic rings. The highest BCUT2D eigenvalue weighted by Gasteiger charge is 2.31. The largest absolute Gasteiger partial charge is 0.508 e. The lowest BCUT2D eigenvalue weighted by molar-refractivity contribution is -0.137. The molecule has 0 aliphatic heterocycles. The molecule has 128 valence electrons. The van der Waals surface area contributed by atoms with Crippen molar-refractivity contribution < 1.29 is 23.1 Å². The van der Waals surface area contributed by atoms with E-state index in [0.29, 0.717) is 18.5 Å². The summed E-state index contributed by atoms with van der Waals surface area (Å²) >= 11 is 0. The molecule has 1 amide bonds. The van der Waals surface area contributed by atoms with E-state index >= 15 is 0 Å². The Hall–Kier alpha value is -2.50. The average Bonchev–Trinajstić information content (AvgIpc) is 2.55. The maximum atomic E-state index is 12.7. The first-order valence-electron chi connectivity index (χ1n) is 7.50. The molecule has 24 heavy (non-hydrogen) atoms. The quantitative estimate of drug-likeness (QED) is 0.870. The molecule has 0 aromatic heterocycles. The van der Waals surface area contributed by atoms with E-state index in [1.807, 2.05) is 0 Å². The molecule has 2 rings (SSSR count). The van der Waals surface area contributed by atoms with Crippen LogP contribution in [0.25, 0.3) is 0 Å². The third kappa shape index (κ3) is 4.75. The number of aromatic hydroxyl groups is 1. The molecular formula is C18H18F3NO2. The van der Waals surface area contributed by atoms with E-state index < -0.39 is 17.7 Å². The Bertz CT molecular complexity index is 696. The van der Waals surface area contributed by atoms with Crippen LogP contribution >= 0.6 is 0 Å². The molecule has 0 aliphatic carbocycles. The molecule has 1 atom stereocenters. The lowest BCUT2D eigenvalue weighted by Crippen LogP contribution is -2.30. The molecule has 0 saturated carbocycles. The van der Waals surface area contributed by atoms with Crippen molar-refractivity contribution in [3.8, 4) is 5.75 Å². The van der Waals surface area contributed by atoms with Crippen LogP contribution in [0, 0.1) is 0 Å². The smallest absolute Gasteiger partial charge is 0.416 e. The number of carbonyl (C=O) groups is 1. The second-order valence-corrected chi connectivity index (χ2v) is 5.55. The molecule has 0 fully saturated rings. The highest BCUT2D eigenvalue weighted by Crippen LogP contribution is 2.31. The van der Waals surface area contributed by atoms with Crippen LogP contribution in [0.1, 0.15) is 29.5 Å². The first-order valence-corrected chi connectivity index (χ1v) is 7.50. The number of benzene rings is 2. The predicted molar refractivity (Wildman–Crippen MR) is 84.7 cm³/mol. The second kappa shape index (κ2) is 7.38. The van der Waals surface area contributed by atoms with Crippen LogP contribution in [0.3, 0.4) is 0 Å². The van der Waals surface area contributed by atoms with Gasteiger partial charge in [-0.2, -0.15) is 13.2 Å². The maximum Gasteiger partial charge on any atom is 0.416 e. The molecule has 2 aromatic rings. The summed E-state index contributed by atoms with van der Waals surface area (Å²) in [4.78, 5) is 12.1. The molecule has 0 spiro atoms. The standard InChI is InChI=1S/C18H18F3NO2/c1-12(14-3-2-4-15(11-14)18(19,20)21)17(24)22-10-9-13-5-7-16(23)8-6-13/h2-8,11-12,23H,9-10H2,1H3,(H,22,24)/t12-/m1/s1. The molecule has 2 aromatic carbocycles. The van der Waals surface area contributed by atoms with Crippen molar-refractivity contribution >= 4 is 5.91 Å².